The number of benzene rings is 7. The fourth-order valence-electron chi connectivity index (χ4n) is 19.6. The second-order valence-corrected chi connectivity index (χ2v) is 35.9. The third-order valence-corrected chi connectivity index (χ3v) is 26.6. The number of fused-ring (bicyclic) bond motifs is 15. The number of rotatable bonds is 35. The maximum Gasteiger partial charge on any atom is 0.0977 e. The molecule has 8 bridgehead atoms. The molecule has 6 heteroatoms. The van der Waals surface area contributed by atoms with E-state index >= 15 is 0 Å². The molecular formula is C133H176N6. The molecule has 0 radical (unpaired) electrons. The summed E-state index contributed by atoms with van der Waals surface area (Å²) in [6, 6.07) is 66.5. The Morgan fingerprint density at radius 1 is 0.273 bits per heavy atom. The lowest BCUT2D eigenvalue weighted by atomic mass is 9.70. The molecule has 0 fully saturated rings. The van der Waals surface area contributed by atoms with Crippen molar-refractivity contribution in [3.63, 3.8) is 0 Å². The van der Waals surface area contributed by atoms with Crippen LogP contribution in [0.2, 0.25) is 0 Å². The van der Waals surface area contributed by atoms with E-state index in [1.165, 1.54) is 202 Å². The topological polar surface area (TPSA) is 83.1 Å². The quantitative estimate of drug-likeness (QED) is 0.0306. The molecule has 4 aliphatic rings. The fourth-order valence-corrected chi connectivity index (χ4v) is 19.6. The van der Waals surface area contributed by atoms with E-state index < -0.39 is 5.41 Å². The molecule has 738 valence electrons. The van der Waals surface area contributed by atoms with Crippen LogP contribution in [-0.4, -0.2) is 29.9 Å². The van der Waals surface area contributed by atoms with Gasteiger partial charge >= 0.3 is 0 Å². The van der Waals surface area contributed by atoms with E-state index in [1.807, 2.05) is 0 Å². The molecule has 0 saturated carbocycles. The molecule has 1 atom stereocenters. The Hall–Kier alpha value is -16.6. The molecule has 1 unspecified atom stereocenters. The van der Waals surface area contributed by atoms with Gasteiger partial charge in [-0.05, 0) is 256 Å². The van der Waals surface area contributed by atoms with Gasteiger partial charge in [0.25, 0.3) is 0 Å². The van der Waals surface area contributed by atoms with Crippen molar-refractivity contribution in [2.45, 2.75) is 238 Å². The van der Waals surface area contributed by atoms with E-state index in [0.29, 0.717) is 0 Å². The SMILES string of the molecule is C#CC#CC#CC#CC#CC#CC#CC#CC#CC#CC#CC#CC#CC#CC#CC#CC1(C)c2ccccc2-c2ccc(-c3c4nc(c(-c5ccc(C)c6nc(-c7ccccc7)c(-c7ccccc7)nc56)c5ccc([nH]5)c(-c5ccc6c(c5)C(CCCCCCCCCCCCCCCC)(CCCCCCCCCCCCCCCC)c5ccccc5-6)c5nc(c(C)c6ccc3[nH]6)C=C5)C=C4)cc21.[HH].[HH].[HH].[HH].[HH].[HH].[HH].[HH].[HH].[HH].[HH].[HH].[HH].[HH].[HH].[HH].[HH].[HH].[HH].[HH].[HH].[HH].[HH].[HH].[HH].[HH].[HH].[HH].[HH].[HH].[HH].[HH]. The smallest absolute Gasteiger partial charge is 0.0977 e. The Kier molecular flexibility index (Phi) is 35.4. The van der Waals surface area contributed by atoms with Gasteiger partial charge in [-0.3, -0.25) is 0 Å². The molecule has 2 N–H and O–H groups in total. The summed E-state index contributed by atoms with van der Waals surface area (Å²) in [6.45, 7) is 11.1. The number of hydrogen-bond donors (Lipinski definition) is 2. The van der Waals surface area contributed by atoms with Gasteiger partial charge in [-0.15, -0.1) is 6.42 Å². The average Bonchev–Trinajstić information content (AvgIpc) is 1.57. The zero-order chi connectivity index (χ0) is 95.7. The fraction of sp³-hybridized carbons (Fsp3) is 0.278. The first-order valence-electron chi connectivity index (χ1n) is 49.7. The van der Waals surface area contributed by atoms with E-state index in [-0.39, 0.29) is 51.1 Å². The first-order valence-corrected chi connectivity index (χ1v) is 49.7. The Morgan fingerprint density at radius 3 is 1.04 bits per heavy atom. The lowest BCUT2D eigenvalue weighted by Crippen LogP contribution is -2.25. The zero-order valence-corrected chi connectivity index (χ0v) is 80.7. The highest BCUT2D eigenvalue weighted by Crippen LogP contribution is 2.56. The van der Waals surface area contributed by atoms with Crippen molar-refractivity contribution in [1.82, 2.24) is 29.9 Å². The Balaban J connectivity index is -0.000000457. The molecule has 6 nitrogen and oxygen atoms in total. The maximum atomic E-state index is 5.94. The summed E-state index contributed by atoms with van der Waals surface area (Å²) >= 11 is 0. The van der Waals surface area contributed by atoms with Crippen LogP contribution in [0, 0.1) is 204 Å². The monoisotopic (exact) mass is 1860 g/mol. The van der Waals surface area contributed by atoms with Crippen molar-refractivity contribution in [2.24, 2.45) is 0 Å². The number of nitrogens with zero attached hydrogens (tertiary/aromatic N) is 4. The molecule has 2 aliphatic carbocycles. The number of aromatic nitrogens is 6. The highest BCUT2D eigenvalue weighted by Gasteiger charge is 2.43. The predicted molar refractivity (Wildman–Crippen MR) is 650 cm³/mol. The van der Waals surface area contributed by atoms with Crippen LogP contribution in [0.1, 0.15) is 315 Å². The second kappa shape index (κ2) is 50.7. The number of aromatic amines is 2. The van der Waals surface area contributed by atoms with E-state index in [9.17, 15) is 0 Å². The molecule has 139 heavy (non-hydrogen) atoms. The molecule has 0 saturated heterocycles. The van der Waals surface area contributed by atoms with Gasteiger partial charge in [0, 0.05) is 189 Å². The third-order valence-electron chi connectivity index (χ3n) is 26.6. The van der Waals surface area contributed by atoms with Gasteiger partial charge in [-0.25, -0.2) is 19.9 Å². The molecule has 15 rings (SSSR count). The van der Waals surface area contributed by atoms with E-state index in [0.717, 1.165) is 158 Å². The molecule has 0 amide bonds. The summed E-state index contributed by atoms with van der Waals surface area (Å²) in [4.78, 5) is 31.5. The summed E-state index contributed by atoms with van der Waals surface area (Å²) in [6.07, 6.45) is 53.6. The molecule has 7 aromatic carbocycles. The standard InChI is InChI=1S/C133H112N6.32H2/c1-7-10-13-16-19-22-25-28-31-32-33-34-35-36-37-38-39-40-41-42-43-44-45-46-47-50-53-56-59-72-97-132(6)113-81-70-68-79-108(113)110-87-84-106(100-115(110)132)125-119-91-89-117(134-119)103(5)118-90-92-120(135-118)126(122-94-96-124(137-122)127(123-95-93-121(125)136-123)112-86-83-102(4)128-131(112)139-130(105-77-66-63-67-78-105)129(138-128)104-75-64-62-65-76-104)107-85-88-111-109-80-69-71-82-114(109)133(116(111)101-107,98-73-60-57-54-51-48-29-26-23-20-17-14-11-8-2)99-74-61-58-55-52-49-30-27-24-21-18-15-12-9-3;;;;;;;;;;;;;;;;;;;;;;;;;;;;;;;;/h1,62-71,75-96,100-101,134,137H,8-9,11-12,14-15,17-18,20-21,23-24,26-27,29-30,48-49,51-52,54-55,57-58,60-61,73-74,98-99H2,2-6H3;32*1H. The van der Waals surface area contributed by atoms with Crippen molar-refractivity contribution < 1.29 is 45.7 Å². The Morgan fingerprint density at radius 2 is 0.597 bits per heavy atom. The van der Waals surface area contributed by atoms with Crippen LogP contribution in [0.15, 0.2) is 182 Å². The lowest BCUT2D eigenvalue weighted by molar-refractivity contribution is 0.397. The van der Waals surface area contributed by atoms with Crippen LogP contribution in [0.4, 0.5) is 0 Å². The van der Waals surface area contributed by atoms with E-state index in [1.54, 1.807) is 0 Å². The molecule has 2 aliphatic heterocycles. The van der Waals surface area contributed by atoms with Gasteiger partial charge in [0.15, 0.2) is 0 Å². The van der Waals surface area contributed by atoms with Crippen LogP contribution in [0.3, 0.4) is 0 Å². The van der Waals surface area contributed by atoms with Crippen LogP contribution < -0.4 is 0 Å². The number of H-pyrrole nitrogens is 2. The summed E-state index contributed by atoms with van der Waals surface area (Å²) in [7, 11) is 0. The van der Waals surface area contributed by atoms with Crippen molar-refractivity contribution in [3.05, 3.63) is 238 Å². The van der Waals surface area contributed by atoms with Crippen LogP contribution in [0.25, 0.3) is 136 Å². The zero-order valence-electron chi connectivity index (χ0n) is 80.7. The predicted octanol–water partition coefficient (Wildman–Crippen LogP) is 37.4. The van der Waals surface area contributed by atoms with Crippen LogP contribution in [0.5, 0.6) is 0 Å². The van der Waals surface area contributed by atoms with Crippen molar-refractivity contribution >= 4 is 57.4 Å². The molecule has 0 spiro atoms. The van der Waals surface area contributed by atoms with Crippen molar-refractivity contribution in [3.8, 4) is 268 Å². The van der Waals surface area contributed by atoms with Crippen LogP contribution in [-0.2, 0) is 10.8 Å². The van der Waals surface area contributed by atoms with E-state index in [2.05, 4.69) is 434 Å². The van der Waals surface area contributed by atoms with Gasteiger partial charge < -0.3 is 9.97 Å². The van der Waals surface area contributed by atoms with Crippen molar-refractivity contribution in [1.29, 1.82) is 0 Å². The Labute approximate surface area is 873 Å². The average molecular weight is 1860 g/mol. The summed E-state index contributed by atoms with van der Waals surface area (Å²) in [5, 5.41) is 0. The number of terminal acetylenes is 1. The number of nitrogens with one attached hydrogen (secondary N) is 2. The first kappa shape index (κ1) is 97.0. The second-order valence-electron chi connectivity index (χ2n) is 35.9. The number of hydrogen-bond acceptors (Lipinski definition) is 4. The van der Waals surface area contributed by atoms with Gasteiger partial charge in [-0.1, -0.05) is 345 Å². The molecular weight excluding hydrogens is 1680 g/mol. The maximum absolute atomic E-state index is 5.94. The number of aryl methyl sites for hydroxylation is 2. The molecule has 11 aromatic rings. The minimum atomic E-state index is -0.780. The summed E-state index contributed by atoms with van der Waals surface area (Å²) in [5.41, 5.74) is 29.1. The summed E-state index contributed by atoms with van der Waals surface area (Å²) in [5.74, 6) is 82.2. The highest BCUT2D eigenvalue weighted by molar-refractivity contribution is 6.05. The Bertz CT molecular complexity index is 7920. The largest absolute Gasteiger partial charge is 0.355 e. The normalized spacial score (nSPS) is 12.1. The minimum absolute atomic E-state index is 0. The van der Waals surface area contributed by atoms with E-state index in [4.69, 9.17) is 26.4 Å². The van der Waals surface area contributed by atoms with Gasteiger partial charge in [0.1, 0.15) is 0 Å². The minimum Gasteiger partial charge on any atom is -0.355 e. The molecule has 6 heterocycles. The molecule has 4 aromatic heterocycles. The highest BCUT2D eigenvalue weighted by atomic mass is 14.8. The van der Waals surface area contributed by atoms with Gasteiger partial charge in [-0.2, -0.15) is 0 Å². The lowest BCUT2D eigenvalue weighted by Gasteiger charge is -2.33. The third kappa shape index (κ3) is 25.0. The van der Waals surface area contributed by atoms with Gasteiger partial charge in [0.2, 0.25) is 0 Å². The first-order chi connectivity index (χ1) is 68.7. The van der Waals surface area contributed by atoms with Crippen LogP contribution >= 0.6 is 0 Å². The number of unbranched alkanes of at least 4 members (excludes halogenated alkanes) is 26. The van der Waals surface area contributed by atoms with Gasteiger partial charge in [0.05, 0.1) is 50.6 Å². The summed E-state index contributed by atoms with van der Waals surface area (Å²) < 4.78 is 0. The van der Waals surface area contributed by atoms with Crippen molar-refractivity contribution in [2.75, 3.05) is 0 Å².